The Labute approximate surface area is 192 Å². The van der Waals surface area contributed by atoms with Crippen molar-refractivity contribution in [2.75, 3.05) is 25.4 Å². The summed E-state index contributed by atoms with van der Waals surface area (Å²) in [5.41, 5.74) is 7.15. The fourth-order valence-corrected chi connectivity index (χ4v) is 4.51. The number of nitrogens with one attached hydrogen (secondary N) is 1. The van der Waals surface area contributed by atoms with Crippen LogP contribution in [0.15, 0.2) is 41.9 Å². The highest BCUT2D eigenvalue weighted by molar-refractivity contribution is 7.13. The Kier molecular flexibility index (Phi) is 5.97. The number of nitrogen functional groups attached to an aromatic ring is 1. The van der Waals surface area contributed by atoms with Gasteiger partial charge in [0.05, 0.1) is 12.2 Å². The summed E-state index contributed by atoms with van der Waals surface area (Å²) in [5.74, 6) is -1.68. The molecule has 11 heteroatoms. The van der Waals surface area contributed by atoms with Gasteiger partial charge >= 0.3 is 0 Å². The maximum Gasteiger partial charge on any atom is 0.202 e. The molecule has 3 N–H and O–H groups in total. The molecule has 4 heterocycles. The molecule has 1 aromatic carbocycles. The van der Waals surface area contributed by atoms with Crippen molar-refractivity contribution < 1.29 is 13.5 Å². The average molecular weight is 470 g/mol. The van der Waals surface area contributed by atoms with Gasteiger partial charge in [-0.2, -0.15) is 9.07 Å². The lowest BCUT2D eigenvalue weighted by Crippen LogP contribution is -2.30. The van der Waals surface area contributed by atoms with Crippen molar-refractivity contribution in [3.63, 3.8) is 0 Å². The second-order valence-electron chi connectivity index (χ2n) is 7.76. The molecule has 4 aromatic rings. The maximum atomic E-state index is 15.1. The van der Waals surface area contributed by atoms with Crippen LogP contribution in [0.4, 0.5) is 14.6 Å². The fourth-order valence-electron chi connectivity index (χ4n) is 3.80. The SMILES string of the molecule is Nc1ncc(-c2cccs2)cc1-c1nnnn1-c1ccc(OCC2CCNCC2)c(F)c1F. The van der Waals surface area contributed by atoms with Gasteiger partial charge in [-0.15, -0.1) is 16.4 Å². The number of tetrazole rings is 1. The van der Waals surface area contributed by atoms with Gasteiger partial charge in [0.1, 0.15) is 11.5 Å². The fraction of sp³-hybridized carbons (Fsp3) is 0.273. The maximum absolute atomic E-state index is 15.1. The van der Waals surface area contributed by atoms with Crippen molar-refractivity contribution in [3.8, 4) is 33.3 Å². The van der Waals surface area contributed by atoms with Crippen LogP contribution >= 0.6 is 11.3 Å². The Morgan fingerprint density at radius 3 is 2.82 bits per heavy atom. The van der Waals surface area contributed by atoms with E-state index in [2.05, 4.69) is 25.8 Å². The summed E-state index contributed by atoms with van der Waals surface area (Å²) < 4.78 is 36.6. The monoisotopic (exact) mass is 469 g/mol. The van der Waals surface area contributed by atoms with Crippen LogP contribution in [0.25, 0.3) is 27.5 Å². The lowest BCUT2D eigenvalue weighted by atomic mass is 9.99. The number of pyridine rings is 1. The highest BCUT2D eigenvalue weighted by Crippen LogP contribution is 2.33. The summed E-state index contributed by atoms with van der Waals surface area (Å²) in [6, 6.07) is 8.43. The first-order chi connectivity index (χ1) is 16.1. The Hall–Kier alpha value is -3.44. The zero-order chi connectivity index (χ0) is 22.8. The van der Waals surface area contributed by atoms with Gasteiger partial charge in [0, 0.05) is 16.6 Å². The van der Waals surface area contributed by atoms with Crippen LogP contribution < -0.4 is 15.8 Å². The largest absolute Gasteiger partial charge is 0.490 e. The average Bonchev–Trinajstić information content (AvgIpc) is 3.54. The number of piperidine rings is 1. The molecule has 0 aliphatic carbocycles. The predicted octanol–water partition coefficient (Wildman–Crippen LogP) is 3.69. The van der Waals surface area contributed by atoms with Crippen molar-refractivity contribution in [2.45, 2.75) is 12.8 Å². The molecule has 0 atom stereocenters. The van der Waals surface area contributed by atoms with E-state index >= 15 is 4.39 Å². The molecular weight excluding hydrogens is 448 g/mol. The zero-order valence-electron chi connectivity index (χ0n) is 17.5. The summed E-state index contributed by atoms with van der Waals surface area (Å²) in [7, 11) is 0. The topological polar surface area (TPSA) is 104 Å². The molecular formula is C22H21F2N7OS. The van der Waals surface area contributed by atoms with Crippen LogP contribution in [0.1, 0.15) is 12.8 Å². The van der Waals surface area contributed by atoms with Gasteiger partial charge in [0.25, 0.3) is 0 Å². The van der Waals surface area contributed by atoms with Gasteiger partial charge in [0.15, 0.2) is 17.4 Å². The molecule has 170 valence electrons. The first-order valence-corrected chi connectivity index (χ1v) is 11.4. The van der Waals surface area contributed by atoms with Crippen molar-refractivity contribution in [3.05, 3.63) is 53.5 Å². The molecule has 33 heavy (non-hydrogen) atoms. The van der Waals surface area contributed by atoms with E-state index in [0.29, 0.717) is 18.1 Å². The van der Waals surface area contributed by atoms with Gasteiger partial charge in [-0.25, -0.2) is 9.37 Å². The first-order valence-electron chi connectivity index (χ1n) is 10.5. The molecule has 0 unspecified atom stereocenters. The Bertz CT molecular complexity index is 1260. The highest BCUT2D eigenvalue weighted by Gasteiger charge is 2.23. The van der Waals surface area contributed by atoms with E-state index < -0.39 is 11.6 Å². The number of thiophene rings is 1. The summed E-state index contributed by atoms with van der Waals surface area (Å²) in [4.78, 5) is 5.21. The molecule has 1 aliphatic heterocycles. The Morgan fingerprint density at radius 2 is 2.03 bits per heavy atom. The second kappa shape index (κ2) is 9.20. The normalized spacial score (nSPS) is 14.5. The quantitative estimate of drug-likeness (QED) is 0.444. The van der Waals surface area contributed by atoms with E-state index in [4.69, 9.17) is 10.5 Å². The van der Waals surface area contributed by atoms with Gasteiger partial charge in [-0.1, -0.05) is 6.07 Å². The number of benzene rings is 1. The molecule has 0 spiro atoms. The first kappa shape index (κ1) is 21.4. The van der Waals surface area contributed by atoms with Crippen molar-refractivity contribution in [2.24, 2.45) is 5.92 Å². The number of halogens is 2. The minimum absolute atomic E-state index is 0.134. The number of hydrogen-bond acceptors (Lipinski definition) is 8. The Balaban J connectivity index is 1.45. The van der Waals surface area contributed by atoms with E-state index in [0.717, 1.165) is 41.1 Å². The minimum atomic E-state index is -1.10. The highest BCUT2D eigenvalue weighted by atomic mass is 32.1. The van der Waals surface area contributed by atoms with E-state index in [1.54, 1.807) is 23.6 Å². The predicted molar refractivity (Wildman–Crippen MR) is 121 cm³/mol. The van der Waals surface area contributed by atoms with Gasteiger partial charge in [-0.3, -0.25) is 0 Å². The number of aromatic nitrogens is 5. The van der Waals surface area contributed by atoms with Crippen LogP contribution in [0, 0.1) is 17.6 Å². The summed E-state index contributed by atoms with van der Waals surface area (Å²) in [6.07, 6.45) is 3.53. The number of nitrogens with two attached hydrogens (primary N) is 1. The van der Waals surface area contributed by atoms with Gasteiger partial charge in [-0.05, 0) is 71.9 Å². The third-order valence-electron chi connectivity index (χ3n) is 5.62. The number of rotatable bonds is 6. The molecule has 5 rings (SSSR count). The molecule has 0 radical (unpaired) electrons. The third-order valence-corrected chi connectivity index (χ3v) is 6.54. The van der Waals surface area contributed by atoms with E-state index in [1.165, 1.54) is 12.1 Å². The molecule has 1 aliphatic rings. The number of nitrogens with zero attached hydrogens (tertiary/aromatic N) is 5. The van der Waals surface area contributed by atoms with Crippen LogP contribution in [-0.4, -0.2) is 44.9 Å². The Morgan fingerprint density at radius 1 is 1.18 bits per heavy atom. The molecule has 1 fully saturated rings. The molecule has 8 nitrogen and oxygen atoms in total. The lowest BCUT2D eigenvalue weighted by molar-refractivity contribution is 0.206. The van der Waals surface area contributed by atoms with E-state index in [1.807, 2.05) is 17.5 Å². The van der Waals surface area contributed by atoms with Gasteiger partial charge in [0.2, 0.25) is 5.82 Å². The summed E-state index contributed by atoms with van der Waals surface area (Å²) in [6.45, 7) is 2.14. The number of ether oxygens (including phenoxy) is 1. The van der Waals surface area contributed by atoms with Crippen molar-refractivity contribution in [1.29, 1.82) is 0 Å². The summed E-state index contributed by atoms with van der Waals surface area (Å²) in [5, 5.41) is 16.7. The molecule has 0 bridgehead atoms. The van der Waals surface area contributed by atoms with Crippen molar-refractivity contribution >= 4 is 17.2 Å². The van der Waals surface area contributed by atoms with Crippen molar-refractivity contribution in [1.82, 2.24) is 30.5 Å². The van der Waals surface area contributed by atoms with Gasteiger partial charge < -0.3 is 15.8 Å². The molecule has 3 aromatic heterocycles. The third kappa shape index (κ3) is 4.29. The van der Waals surface area contributed by atoms with Crippen LogP contribution in [0.3, 0.4) is 0 Å². The van der Waals surface area contributed by atoms with Crippen LogP contribution in [-0.2, 0) is 0 Å². The van der Waals surface area contributed by atoms with Crippen LogP contribution in [0.2, 0.25) is 0 Å². The number of anilines is 1. The van der Waals surface area contributed by atoms with E-state index in [9.17, 15) is 4.39 Å². The molecule has 1 saturated heterocycles. The lowest BCUT2D eigenvalue weighted by Gasteiger charge is -2.22. The second-order valence-corrected chi connectivity index (χ2v) is 8.71. The smallest absolute Gasteiger partial charge is 0.202 e. The number of hydrogen-bond donors (Lipinski definition) is 2. The summed E-state index contributed by atoms with van der Waals surface area (Å²) >= 11 is 1.54. The standard InChI is InChI=1S/C22H21F2N7OS/c23-19-16(3-4-17(20(19)24)32-12-13-5-7-26-8-6-13)31-22(28-29-30-31)15-10-14(11-27-21(15)25)18-2-1-9-33-18/h1-4,9-11,13,26H,5-8,12H2,(H2,25,27). The zero-order valence-corrected chi connectivity index (χ0v) is 18.4. The minimum Gasteiger partial charge on any atom is -0.490 e. The van der Waals surface area contributed by atoms with E-state index in [-0.39, 0.29) is 23.1 Å². The molecule has 0 amide bonds. The van der Waals surface area contributed by atoms with Crippen LogP contribution in [0.5, 0.6) is 5.75 Å². The molecule has 0 saturated carbocycles.